The zero-order chi connectivity index (χ0) is 15.6. The molecular formula is C16H20ClNO2S. The molecule has 1 heterocycles. The second-order valence-electron chi connectivity index (χ2n) is 5.80. The average Bonchev–Trinajstić information content (AvgIpc) is 2.79. The van der Waals surface area contributed by atoms with Crippen molar-refractivity contribution in [2.45, 2.75) is 32.1 Å². The van der Waals surface area contributed by atoms with Crippen LogP contribution < -0.4 is 0 Å². The van der Waals surface area contributed by atoms with E-state index in [0.29, 0.717) is 10.8 Å². The quantitative estimate of drug-likeness (QED) is 0.772. The maximum absolute atomic E-state index is 12.2. The first-order valence-corrected chi connectivity index (χ1v) is 9.17. The van der Waals surface area contributed by atoms with E-state index in [2.05, 4.69) is 4.99 Å². The fourth-order valence-electron chi connectivity index (χ4n) is 2.35. The fourth-order valence-corrected chi connectivity index (χ4v) is 4.26. The summed E-state index contributed by atoms with van der Waals surface area (Å²) in [6, 6.07) is 7.00. The van der Waals surface area contributed by atoms with Crippen LogP contribution in [0.15, 0.2) is 45.4 Å². The van der Waals surface area contributed by atoms with Gasteiger partial charge in [-0.05, 0) is 36.1 Å². The van der Waals surface area contributed by atoms with Crippen molar-refractivity contribution in [3.63, 3.8) is 0 Å². The summed E-state index contributed by atoms with van der Waals surface area (Å²) in [5, 5.41) is 0. The van der Waals surface area contributed by atoms with E-state index in [1.807, 2.05) is 32.9 Å². The highest BCUT2D eigenvalue weighted by Gasteiger charge is 2.18. The first-order chi connectivity index (χ1) is 9.83. The molecule has 2 rings (SSSR count). The summed E-state index contributed by atoms with van der Waals surface area (Å²) >= 11 is 5.84. The maximum Gasteiger partial charge on any atom is 0.178 e. The van der Waals surface area contributed by atoms with Crippen LogP contribution in [-0.2, 0) is 9.84 Å². The van der Waals surface area contributed by atoms with Crippen LogP contribution in [0.4, 0.5) is 0 Å². The Morgan fingerprint density at radius 2 is 1.86 bits per heavy atom. The normalized spacial score (nSPS) is 15.8. The van der Waals surface area contributed by atoms with Crippen molar-refractivity contribution in [2.24, 2.45) is 10.9 Å². The average molecular weight is 326 g/mol. The van der Waals surface area contributed by atoms with E-state index in [1.165, 1.54) is 5.57 Å². The van der Waals surface area contributed by atoms with Crippen LogP contribution in [0.1, 0.15) is 32.8 Å². The molecule has 0 saturated carbocycles. The molecule has 0 unspecified atom stereocenters. The molecule has 1 aliphatic heterocycles. The van der Waals surface area contributed by atoms with E-state index in [-0.39, 0.29) is 11.7 Å². The molecule has 0 bridgehead atoms. The lowest BCUT2D eigenvalue weighted by Crippen LogP contribution is -2.12. The number of benzene rings is 1. The van der Waals surface area contributed by atoms with Crippen LogP contribution in [0.25, 0.3) is 0 Å². The third-order valence-electron chi connectivity index (χ3n) is 3.42. The van der Waals surface area contributed by atoms with Gasteiger partial charge in [0.05, 0.1) is 27.9 Å². The van der Waals surface area contributed by atoms with E-state index >= 15 is 0 Å². The minimum absolute atomic E-state index is 0.118. The highest BCUT2D eigenvalue weighted by Crippen LogP contribution is 2.25. The molecule has 3 nitrogen and oxygen atoms in total. The molecule has 0 radical (unpaired) electrons. The zero-order valence-corrected chi connectivity index (χ0v) is 14.1. The Labute approximate surface area is 131 Å². The van der Waals surface area contributed by atoms with Gasteiger partial charge in [0, 0.05) is 6.42 Å². The molecule has 114 valence electrons. The standard InChI is InChI=1S/C16H20ClNO2S/c1-11(2)10-21(19,20)14-6-4-13(5-7-14)15-8-12(3)16(9-17)18-15/h4-7,11H,8-10H2,1-3H3. The second-order valence-corrected chi connectivity index (χ2v) is 8.10. The number of halogens is 1. The van der Waals surface area contributed by atoms with Gasteiger partial charge in [0.1, 0.15) is 0 Å². The summed E-state index contributed by atoms with van der Waals surface area (Å²) in [7, 11) is -3.20. The van der Waals surface area contributed by atoms with Crippen LogP contribution in [0.5, 0.6) is 0 Å². The number of hydrogen-bond acceptors (Lipinski definition) is 3. The van der Waals surface area contributed by atoms with Crippen LogP contribution in [0.2, 0.25) is 0 Å². The maximum atomic E-state index is 12.2. The lowest BCUT2D eigenvalue weighted by molar-refractivity contribution is 0.582. The van der Waals surface area contributed by atoms with Crippen LogP contribution in [-0.4, -0.2) is 25.8 Å². The number of rotatable bonds is 5. The van der Waals surface area contributed by atoms with Gasteiger partial charge in [0.15, 0.2) is 9.84 Å². The van der Waals surface area contributed by atoms with E-state index in [4.69, 9.17) is 11.6 Å². The molecule has 0 aromatic heterocycles. The number of allylic oxidation sites excluding steroid dienone is 2. The van der Waals surface area contributed by atoms with Gasteiger partial charge in [-0.25, -0.2) is 8.42 Å². The molecule has 1 aromatic carbocycles. The highest BCUT2D eigenvalue weighted by atomic mass is 35.5. The SMILES string of the molecule is CC1=C(CCl)N=C(c2ccc(S(=O)(=O)CC(C)C)cc2)C1. The predicted octanol–water partition coefficient (Wildman–Crippen LogP) is 3.82. The van der Waals surface area contributed by atoms with Crippen molar-refractivity contribution in [3.05, 3.63) is 41.1 Å². The molecule has 5 heteroatoms. The minimum atomic E-state index is -3.20. The Kier molecular flexibility index (Phi) is 4.89. The van der Waals surface area contributed by atoms with E-state index < -0.39 is 9.84 Å². The molecule has 0 aliphatic carbocycles. The number of sulfone groups is 1. The van der Waals surface area contributed by atoms with Crippen molar-refractivity contribution in [1.82, 2.24) is 0 Å². The topological polar surface area (TPSA) is 46.5 Å². The minimum Gasteiger partial charge on any atom is -0.256 e. The Morgan fingerprint density at radius 3 is 2.33 bits per heavy atom. The third kappa shape index (κ3) is 3.74. The lowest BCUT2D eigenvalue weighted by Gasteiger charge is -2.08. The molecule has 21 heavy (non-hydrogen) atoms. The van der Waals surface area contributed by atoms with Gasteiger partial charge < -0.3 is 0 Å². The summed E-state index contributed by atoms with van der Waals surface area (Å²) in [6.45, 7) is 5.83. The molecular weight excluding hydrogens is 306 g/mol. The van der Waals surface area contributed by atoms with Crippen LogP contribution in [0, 0.1) is 5.92 Å². The Balaban J connectivity index is 2.22. The molecule has 0 N–H and O–H groups in total. The van der Waals surface area contributed by atoms with E-state index in [0.717, 1.165) is 23.4 Å². The lowest BCUT2D eigenvalue weighted by atomic mass is 10.1. The first kappa shape index (κ1) is 16.2. The number of hydrogen-bond donors (Lipinski definition) is 0. The van der Waals surface area contributed by atoms with Gasteiger partial charge in [0.2, 0.25) is 0 Å². The van der Waals surface area contributed by atoms with Crippen molar-refractivity contribution in [1.29, 1.82) is 0 Å². The summed E-state index contributed by atoms with van der Waals surface area (Å²) in [5.41, 5.74) is 4.01. The van der Waals surface area contributed by atoms with Gasteiger partial charge in [-0.15, -0.1) is 11.6 Å². The van der Waals surface area contributed by atoms with Crippen molar-refractivity contribution in [2.75, 3.05) is 11.6 Å². The van der Waals surface area contributed by atoms with Gasteiger partial charge in [-0.3, -0.25) is 4.99 Å². The summed E-state index contributed by atoms with van der Waals surface area (Å²) in [5.74, 6) is 0.701. The van der Waals surface area contributed by atoms with Gasteiger partial charge >= 0.3 is 0 Å². The number of nitrogens with zero attached hydrogens (tertiary/aromatic N) is 1. The van der Waals surface area contributed by atoms with Crippen molar-refractivity contribution >= 4 is 27.1 Å². The van der Waals surface area contributed by atoms with Gasteiger partial charge in [-0.1, -0.05) is 26.0 Å². The summed E-state index contributed by atoms with van der Waals surface area (Å²) in [6.07, 6.45) is 0.778. The van der Waals surface area contributed by atoms with Gasteiger partial charge in [-0.2, -0.15) is 0 Å². The smallest absolute Gasteiger partial charge is 0.178 e. The van der Waals surface area contributed by atoms with E-state index in [9.17, 15) is 8.42 Å². The Hall–Kier alpha value is -1.13. The van der Waals surface area contributed by atoms with E-state index in [1.54, 1.807) is 12.1 Å². The fraction of sp³-hybridized carbons (Fsp3) is 0.438. The van der Waals surface area contributed by atoms with Crippen LogP contribution >= 0.6 is 11.6 Å². The molecule has 0 spiro atoms. The molecule has 0 atom stereocenters. The molecule has 0 saturated heterocycles. The Bertz CT molecular complexity index is 685. The second kappa shape index (κ2) is 6.32. The zero-order valence-electron chi connectivity index (χ0n) is 12.6. The largest absolute Gasteiger partial charge is 0.256 e. The van der Waals surface area contributed by atoms with Gasteiger partial charge in [0.25, 0.3) is 0 Å². The Morgan fingerprint density at radius 1 is 1.24 bits per heavy atom. The van der Waals surface area contributed by atoms with Crippen molar-refractivity contribution in [3.8, 4) is 0 Å². The highest BCUT2D eigenvalue weighted by molar-refractivity contribution is 7.91. The summed E-state index contributed by atoms with van der Waals surface area (Å²) in [4.78, 5) is 4.89. The third-order valence-corrected chi connectivity index (χ3v) is 5.77. The molecule has 0 fully saturated rings. The number of alkyl halides is 1. The predicted molar refractivity (Wildman–Crippen MR) is 87.9 cm³/mol. The monoisotopic (exact) mass is 325 g/mol. The number of aliphatic imine (C=N–C) groups is 1. The molecule has 1 aliphatic rings. The summed E-state index contributed by atoms with van der Waals surface area (Å²) < 4.78 is 24.3. The van der Waals surface area contributed by atoms with Crippen LogP contribution in [0.3, 0.4) is 0 Å². The molecule has 1 aromatic rings. The first-order valence-electron chi connectivity index (χ1n) is 6.99. The van der Waals surface area contributed by atoms with Crippen molar-refractivity contribution < 1.29 is 8.42 Å². The molecule has 0 amide bonds.